The molecule has 0 fully saturated rings. The topological polar surface area (TPSA) is 15.8 Å². The smallest absolute Gasteiger partial charge is 0.0464 e. The molecule has 0 amide bonds. The molecule has 2 heteroatoms. The second-order valence-electron chi connectivity index (χ2n) is 5.17. The summed E-state index contributed by atoms with van der Waals surface area (Å²) < 4.78 is 0. The first-order chi connectivity index (χ1) is 8.83. The molecule has 90 valence electrons. The van der Waals surface area contributed by atoms with Crippen LogP contribution in [0, 0.1) is 11.8 Å². The number of nitrogens with one attached hydrogen (secondary N) is 1. The van der Waals surface area contributed by atoms with Crippen molar-refractivity contribution in [3.63, 3.8) is 0 Å². The lowest BCUT2D eigenvalue weighted by Crippen LogP contribution is -2.35. The van der Waals surface area contributed by atoms with E-state index in [1.54, 1.807) is 0 Å². The Morgan fingerprint density at radius 2 is 2.06 bits per heavy atom. The number of rotatable bonds is 0. The molecule has 18 heavy (non-hydrogen) atoms. The van der Waals surface area contributed by atoms with Crippen LogP contribution in [0.1, 0.15) is 6.42 Å². The van der Waals surface area contributed by atoms with Crippen molar-refractivity contribution in [2.45, 2.75) is 11.8 Å². The standard InChI is InChI=1S/C16H14ClN/c17-14-6-3-4-10-8-13-11-5-1-2-7-15(11)18-16(13)9-12(10)14/h1-5,7-10,12,14,18H,6H2. The lowest BCUT2D eigenvalue weighted by Gasteiger charge is -2.28. The summed E-state index contributed by atoms with van der Waals surface area (Å²) in [5.74, 6) is 0.880. The molecule has 0 bridgehead atoms. The van der Waals surface area contributed by atoms with E-state index in [1.165, 1.54) is 21.5 Å². The number of para-hydroxylation sites is 1. The molecular weight excluding hydrogens is 242 g/mol. The molecule has 0 radical (unpaired) electrons. The number of aromatic amines is 1. The molecule has 1 aromatic carbocycles. The van der Waals surface area contributed by atoms with Gasteiger partial charge in [-0.05, 0) is 12.5 Å². The summed E-state index contributed by atoms with van der Waals surface area (Å²) in [5, 5.41) is 4.10. The molecular formula is C16H14ClN. The molecule has 3 unspecified atom stereocenters. The minimum atomic E-state index is 0.218. The minimum absolute atomic E-state index is 0.218. The molecule has 0 saturated heterocycles. The molecule has 0 aliphatic heterocycles. The number of hydrogen-bond acceptors (Lipinski definition) is 0. The highest BCUT2D eigenvalue weighted by molar-refractivity contribution is 6.21. The van der Waals surface area contributed by atoms with E-state index in [9.17, 15) is 0 Å². The number of allylic oxidation sites excluding steroid dienone is 2. The lowest BCUT2D eigenvalue weighted by atomic mass is 9.80. The largest absolute Gasteiger partial charge is 0.355 e. The molecule has 0 spiro atoms. The summed E-state index contributed by atoms with van der Waals surface area (Å²) in [4.78, 5) is 3.50. The van der Waals surface area contributed by atoms with E-state index in [0.717, 1.165) is 6.42 Å². The average molecular weight is 256 g/mol. The van der Waals surface area contributed by atoms with Crippen LogP contribution in [0.15, 0.2) is 36.4 Å². The predicted octanol–water partition coefficient (Wildman–Crippen LogP) is 2.54. The average Bonchev–Trinajstić information content (AvgIpc) is 2.75. The first kappa shape index (κ1) is 10.5. The third-order valence-corrected chi connectivity index (χ3v) is 4.55. The fourth-order valence-electron chi connectivity index (χ4n) is 3.15. The normalized spacial score (nSPS) is 29.3. The number of benzene rings is 1. The Morgan fingerprint density at radius 1 is 1.17 bits per heavy atom. The first-order valence-corrected chi connectivity index (χ1v) is 6.88. The van der Waals surface area contributed by atoms with Gasteiger partial charge in [0.05, 0.1) is 0 Å². The van der Waals surface area contributed by atoms with Gasteiger partial charge in [-0.1, -0.05) is 42.5 Å². The van der Waals surface area contributed by atoms with E-state index in [1.807, 2.05) is 0 Å². The molecule has 2 aliphatic carbocycles. The molecule has 2 aromatic rings. The molecule has 2 aliphatic rings. The number of fused-ring (bicyclic) bond motifs is 4. The minimum Gasteiger partial charge on any atom is -0.355 e. The van der Waals surface area contributed by atoms with Gasteiger partial charge >= 0.3 is 0 Å². The van der Waals surface area contributed by atoms with Gasteiger partial charge in [0, 0.05) is 38.7 Å². The highest BCUT2D eigenvalue weighted by atomic mass is 35.5. The van der Waals surface area contributed by atoms with E-state index >= 15 is 0 Å². The second-order valence-corrected chi connectivity index (χ2v) is 5.73. The van der Waals surface area contributed by atoms with Crippen LogP contribution < -0.4 is 10.6 Å². The summed E-state index contributed by atoms with van der Waals surface area (Å²) in [6.07, 6.45) is 10.2. The molecule has 4 rings (SSSR count). The third kappa shape index (κ3) is 1.40. The van der Waals surface area contributed by atoms with Crippen molar-refractivity contribution >= 4 is 34.7 Å². The van der Waals surface area contributed by atoms with Crippen molar-refractivity contribution in [2.75, 3.05) is 0 Å². The van der Waals surface area contributed by atoms with Crippen molar-refractivity contribution in [2.24, 2.45) is 11.8 Å². The van der Waals surface area contributed by atoms with Crippen LogP contribution in [0.3, 0.4) is 0 Å². The Labute approximate surface area is 110 Å². The quantitative estimate of drug-likeness (QED) is 0.550. The van der Waals surface area contributed by atoms with E-state index in [2.05, 4.69) is 53.6 Å². The Balaban J connectivity index is 2.05. The Bertz CT molecular complexity index is 753. The fourth-order valence-corrected chi connectivity index (χ4v) is 3.50. The lowest BCUT2D eigenvalue weighted by molar-refractivity contribution is 0.543. The highest BCUT2D eigenvalue weighted by Crippen LogP contribution is 2.32. The summed E-state index contributed by atoms with van der Waals surface area (Å²) in [6.45, 7) is 0. The van der Waals surface area contributed by atoms with E-state index in [-0.39, 0.29) is 5.38 Å². The third-order valence-electron chi connectivity index (χ3n) is 4.08. The van der Waals surface area contributed by atoms with Crippen molar-refractivity contribution in [3.05, 3.63) is 47.0 Å². The van der Waals surface area contributed by atoms with Gasteiger partial charge in [0.25, 0.3) is 0 Å². The summed E-state index contributed by atoms with van der Waals surface area (Å²) in [6, 6.07) is 8.48. The van der Waals surface area contributed by atoms with E-state index in [0.29, 0.717) is 11.8 Å². The fraction of sp³-hybridized carbons (Fsp3) is 0.250. The Hall–Kier alpha value is -1.47. The number of alkyl halides is 1. The van der Waals surface area contributed by atoms with Crippen LogP contribution in [0.2, 0.25) is 0 Å². The Morgan fingerprint density at radius 3 is 3.00 bits per heavy atom. The van der Waals surface area contributed by atoms with Gasteiger partial charge in [-0.3, -0.25) is 0 Å². The summed E-state index contributed by atoms with van der Waals surface area (Å²) >= 11 is 6.44. The van der Waals surface area contributed by atoms with Gasteiger partial charge < -0.3 is 4.98 Å². The van der Waals surface area contributed by atoms with Gasteiger partial charge in [-0.2, -0.15) is 0 Å². The van der Waals surface area contributed by atoms with Gasteiger partial charge in [-0.15, -0.1) is 11.6 Å². The summed E-state index contributed by atoms with van der Waals surface area (Å²) in [5.41, 5.74) is 1.21. The molecule has 1 heterocycles. The van der Waals surface area contributed by atoms with Crippen molar-refractivity contribution in [1.29, 1.82) is 0 Å². The van der Waals surface area contributed by atoms with Crippen LogP contribution in [0.4, 0.5) is 0 Å². The maximum Gasteiger partial charge on any atom is 0.0464 e. The molecule has 0 saturated carbocycles. The SMILES string of the molecule is ClC1CC=CC2C=c3c([nH]c4ccccc34)=CC21. The molecule has 1 aromatic heterocycles. The zero-order chi connectivity index (χ0) is 12.1. The van der Waals surface area contributed by atoms with Gasteiger partial charge in [-0.25, -0.2) is 0 Å². The molecule has 3 atom stereocenters. The number of H-pyrrole nitrogens is 1. The monoisotopic (exact) mass is 255 g/mol. The number of aromatic nitrogens is 1. The zero-order valence-electron chi connectivity index (χ0n) is 9.94. The van der Waals surface area contributed by atoms with Crippen LogP contribution in [-0.4, -0.2) is 10.4 Å². The van der Waals surface area contributed by atoms with E-state index in [4.69, 9.17) is 11.6 Å². The van der Waals surface area contributed by atoms with E-state index < -0.39 is 0 Å². The summed E-state index contributed by atoms with van der Waals surface area (Å²) in [7, 11) is 0. The predicted molar refractivity (Wildman–Crippen MR) is 76.9 cm³/mol. The number of hydrogen-bond donors (Lipinski definition) is 1. The van der Waals surface area contributed by atoms with Crippen LogP contribution in [0.5, 0.6) is 0 Å². The van der Waals surface area contributed by atoms with Crippen LogP contribution in [0.25, 0.3) is 23.1 Å². The van der Waals surface area contributed by atoms with Gasteiger partial charge in [0.2, 0.25) is 0 Å². The maximum atomic E-state index is 6.44. The number of halogens is 1. The zero-order valence-corrected chi connectivity index (χ0v) is 10.7. The van der Waals surface area contributed by atoms with Gasteiger partial charge in [0.15, 0.2) is 0 Å². The molecule has 1 N–H and O–H groups in total. The van der Waals surface area contributed by atoms with Gasteiger partial charge in [0.1, 0.15) is 0 Å². The van der Waals surface area contributed by atoms with Crippen molar-refractivity contribution < 1.29 is 0 Å². The van der Waals surface area contributed by atoms with Crippen LogP contribution in [-0.2, 0) is 0 Å². The highest BCUT2D eigenvalue weighted by Gasteiger charge is 2.28. The second kappa shape index (κ2) is 3.76. The van der Waals surface area contributed by atoms with Crippen LogP contribution >= 0.6 is 11.6 Å². The maximum absolute atomic E-state index is 6.44. The van der Waals surface area contributed by atoms with Crippen molar-refractivity contribution in [1.82, 2.24) is 4.98 Å². The Kier molecular flexibility index (Phi) is 2.18. The first-order valence-electron chi connectivity index (χ1n) is 6.44. The van der Waals surface area contributed by atoms with Crippen molar-refractivity contribution in [3.8, 4) is 0 Å². The molecule has 1 nitrogen and oxygen atoms in total.